The van der Waals surface area contributed by atoms with Crippen LogP contribution >= 0.6 is 11.3 Å². The Balaban J connectivity index is 1.94. The second-order valence-electron chi connectivity index (χ2n) is 5.27. The number of alkyl halides is 3. The Labute approximate surface area is 151 Å². The van der Waals surface area contributed by atoms with Crippen LogP contribution < -0.4 is 16.8 Å². The van der Waals surface area contributed by atoms with E-state index in [0.29, 0.717) is 27.5 Å². The quantitative estimate of drug-likeness (QED) is 0.569. The third-order valence-electron chi connectivity index (χ3n) is 3.37. The maximum atomic E-state index is 12.5. The van der Waals surface area contributed by atoms with E-state index in [0.717, 1.165) is 11.8 Å². The van der Waals surface area contributed by atoms with Gasteiger partial charge in [0.15, 0.2) is 10.8 Å². The third-order valence-corrected chi connectivity index (χ3v) is 4.47. The fraction of sp³-hybridized carbons (Fsp3) is 0.267. The number of thiazole rings is 1. The molecule has 2 aromatic rings. The summed E-state index contributed by atoms with van der Waals surface area (Å²) in [4.78, 5) is 15.7. The van der Waals surface area contributed by atoms with Crippen molar-refractivity contribution >= 4 is 28.6 Å². The van der Waals surface area contributed by atoms with Crippen LogP contribution in [-0.2, 0) is 17.4 Å². The summed E-state index contributed by atoms with van der Waals surface area (Å²) in [5.41, 5.74) is 12.9. The number of halogens is 3. The molecule has 0 atom stereocenters. The number of nitrogens with two attached hydrogens (primary N) is 2. The fourth-order valence-electron chi connectivity index (χ4n) is 2.04. The molecular formula is C15H17F3N6OS. The van der Waals surface area contributed by atoms with Gasteiger partial charge in [0.05, 0.1) is 5.69 Å². The number of carbonyl (C=O) groups is 1. The molecule has 6 N–H and O–H groups in total. The minimum Gasteiger partial charge on any atom is -0.404 e. The second kappa shape index (κ2) is 8.04. The van der Waals surface area contributed by atoms with E-state index in [2.05, 4.69) is 20.5 Å². The highest BCUT2D eigenvalue weighted by Gasteiger charge is 2.34. The molecular weight excluding hydrogens is 369 g/mol. The SMILES string of the molecule is CC(=C/N)/C(=C\N)c1cc(NC(=O)CCc2cnc(C(F)(F)F)s2)n[nH]1. The summed E-state index contributed by atoms with van der Waals surface area (Å²) in [6.45, 7) is 1.77. The van der Waals surface area contributed by atoms with Crippen LogP contribution in [-0.4, -0.2) is 21.1 Å². The number of hydrogen-bond acceptors (Lipinski definition) is 6. The topological polar surface area (TPSA) is 123 Å². The number of aromatic nitrogens is 3. The number of allylic oxidation sites excluding steroid dienone is 2. The smallest absolute Gasteiger partial charge is 0.404 e. The minimum atomic E-state index is -4.47. The summed E-state index contributed by atoms with van der Waals surface area (Å²) in [5, 5.41) is 8.33. The highest BCUT2D eigenvalue weighted by molar-refractivity contribution is 7.11. The zero-order valence-corrected chi connectivity index (χ0v) is 14.5. The van der Waals surface area contributed by atoms with E-state index in [1.54, 1.807) is 13.0 Å². The van der Waals surface area contributed by atoms with Gasteiger partial charge in [0, 0.05) is 35.3 Å². The maximum Gasteiger partial charge on any atom is 0.443 e. The van der Waals surface area contributed by atoms with E-state index in [1.165, 1.54) is 12.4 Å². The second-order valence-corrected chi connectivity index (χ2v) is 6.39. The molecule has 0 fully saturated rings. The monoisotopic (exact) mass is 386 g/mol. The lowest BCUT2D eigenvalue weighted by Gasteiger charge is -2.02. The number of aryl methyl sites for hydroxylation is 1. The molecule has 0 bridgehead atoms. The maximum absolute atomic E-state index is 12.5. The third kappa shape index (κ3) is 4.85. The van der Waals surface area contributed by atoms with Crippen molar-refractivity contribution in [3.63, 3.8) is 0 Å². The minimum absolute atomic E-state index is 0.00298. The molecule has 11 heteroatoms. The normalized spacial score (nSPS) is 13.1. The van der Waals surface area contributed by atoms with E-state index in [9.17, 15) is 18.0 Å². The van der Waals surface area contributed by atoms with Gasteiger partial charge in [-0.25, -0.2) is 4.98 Å². The molecule has 2 heterocycles. The molecule has 0 spiro atoms. The lowest BCUT2D eigenvalue weighted by atomic mass is 10.1. The van der Waals surface area contributed by atoms with E-state index >= 15 is 0 Å². The molecule has 0 aliphatic heterocycles. The largest absolute Gasteiger partial charge is 0.443 e. The summed E-state index contributed by atoms with van der Waals surface area (Å²) < 4.78 is 37.5. The van der Waals surface area contributed by atoms with Gasteiger partial charge >= 0.3 is 6.18 Å². The molecule has 0 saturated carbocycles. The zero-order chi connectivity index (χ0) is 19.3. The average molecular weight is 386 g/mol. The highest BCUT2D eigenvalue weighted by atomic mass is 32.1. The van der Waals surface area contributed by atoms with Crippen molar-refractivity contribution in [1.82, 2.24) is 15.2 Å². The summed E-state index contributed by atoms with van der Waals surface area (Å²) in [6, 6.07) is 1.58. The van der Waals surface area contributed by atoms with Gasteiger partial charge in [-0.2, -0.15) is 18.3 Å². The van der Waals surface area contributed by atoms with Crippen LogP contribution in [0.15, 0.2) is 30.2 Å². The van der Waals surface area contributed by atoms with Crippen molar-refractivity contribution in [2.75, 3.05) is 5.32 Å². The first kappa shape index (κ1) is 19.5. The molecule has 1 amide bonds. The molecule has 0 aliphatic carbocycles. The Morgan fingerprint density at radius 1 is 1.38 bits per heavy atom. The Morgan fingerprint density at radius 2 is 2.12 bits per heavy atom. The average Bonchev–Trinajstić information content (AvgIpc) is 3.23. The Kier molecular flexibility index (Phi) is 6.03. The number of amides is 1. The first-order valence-corrected chi connectivity index (χ1v) is 8.24. The molecule has 0 aliphatic rings. The molecule has 2 rings (SSSR count). The van der Waals surface area contributed by atoms with Crippen LogP contribution in [0.3, 0.4) is 0 Å². The van der Waals surface area contributed by atoms with E-state index in [1.807, 2.05) is 0 Å². The van der Waals surface area contributed by atoms with Crippen LogP contribution in [0.1, 0.15) is 28.9 Å². The van der Waals surface area contributed by atoms with Crippen LogP contribution in [0, 0.1) is 0 Å². The van der Waals surface area contributed by atoms with Gasteiger partial charge < -0.3 is 16.8 Å². The Morgan fingerprint density at radius 3 is 2.69 bits per heavy atom. The molecule has 26 heavy (non-hydrogen) atoms. The number of hydrogen-bond donors (Lipinski definition) is 4. The first-order chi connectivity index (χ1) is 12.2. The fourth-order valence-corrected chi connectivity index (χ4v) is 2.82. The van der Waals surface area contributed by atoms with Crippen LogP contribution in [0.4, 0.5) is 19.0 Å². The van der Waals surface area contributed by atoms with Crippen LogP contribution in [0.2, 0.25) is 0 Å². The molecule has 0 saturated heterocycles. The number of anilines is 1. The van der Waals surface area contributed by atoms with Gasteiger partial charge in [0.25, 0.3) is 0 Å². The Hall–Kier alpha value is -2.82. The number of carbonyl (C=O) groups excluding carboxylic acids is 1. The van der Waals surface area contributed by atoms with Crippen molar-refractivity contribution in [1.29, 1.82) is 0 Å². The van der Waals surface area contributed by atoms with Gasteiger partial charge in [0.1, 0.15) is 0 Å². The summed E-state index contributed by atoms with van der Waals surface area (Å²) >= 11 is 0.527. The number of nitrogens with one attached hydrogen (secondary N) is 2. The molecule has 7 nitrogen and oxygen atoms in total. The molecule has 0 radical (unpaired) electrons. The molecule has 140 valence electrons. The highest BCUT2D eigenvalue weighted by Crippen LogP contribution is 2.32. The number of nitrogens with zero attached hydrogens (tertiary/aromatic N) is 2. The van der Waals surface area contributed by atoms with Crippen molar-refractivity contribution in [2.45, 2.75) is 25.9 Å². The molecule has 2 aromatic heterocycles. The van der Waals surface area contributed by atoms with Crippen molar-refractivity contribution in [2.24, 2.45) is 11.5 Å². The standard InChI is InChI=1S/C15H17F3N6OS/c1-8(5-19)10(6-20)11-4-12(24-23-11)22-13(25)3-2-9-7-21-14(26-9)15(16,17)18/h4-7H,2-3,19-20H2,1H3,(H2,22,23,24,25)/b8-5-,10-6+. The summed E-state index contributed by atoms with van der Waals surface area (Å²) in [6.07, 6.45) is -0.431. The Bertz CT molecular complexity index is 837. The van der Waals surface area contributed by atoms with Crippen molar-refractivity contribution in [3.05, 3.63) is 45.8 Å². The van der Waals surface area contributed by atoms with Gasteiger partial charge in [0.2, 0.25) is 5.91 Å². The molecule has 0 aromatic carbocycles. The lowest BCUT2D eigenvalue weighted by molar-refractivity contribution is -0.137. The van der Waals surface area contributed by atoms with E-state index in [-0.39, 0.29) is 24.6 Å². The summed E-state index contributed by atoms with van der Waals surface area (Å²) in [5.74, 6) is -0.108. The van der Waals surface area contributed by atoms with Gasteiger partial charge in [-0.15, -0.1) is 11.3 Å². The number of aromatic amines is 1. The van der Waals surface area contributed by atoms with Gasteiger partial charge in [-0.1, -0.05) is 0 Å². The van der Waals surface area contributed by atoms with Gasteiger partial charge in [-0.3, -0.25) is 9.89 Å². The number of rotatable bonds is 6. The van der Waals surface area contributed by atoms with Crippen molar-refractivity contribution < 1.29 is 18.0 Å². The van der Waals surface area contributed by atoms with E-state index in [4.69, 9.17) is 11.5 Å². The predicted octanol–water partition coefficient (Wildman–Crippen LogP) is 2.62. The predicted molar refractivity (Wildman–Crippen MR) is 92.8 cm³/mol. The first-order valence-electron chi connectivity index (χ1n) is 7.43. The lowest BCUT2D eigenvalue weighted by Crippen LogP contribution is -2.12. The number of H-pyrrole nitrogens is 1. The van der Waals surface area contributed by atoms with Crippen molar-refractivity contribution in [3.8, 4) is 0 Å². The van der Waals surface area contributed by atoms with Crippen LogP contribution in [0.5, 0.6) is 0 Å². The summed E-state index contributed by atoms with van der Waals surface area (Å²) in [7, 11) is 0. The van der Waals surface area contributed by atoms with Gasteiger partial charge in [-0.05, 0) is 25.1 Å². The molecule has 0 unspecified atom stereocenters. The van der Waals surface area contributed by atoms with E-state index < -0.39 is 11.2 Å². The zero-order valence-electron chi connectivity index (χ0n) is 13.7. The van der Waals surface area contributed by atoms with Crippen LogP contribution in [0.25, 0.3) is 5.57 Å².